The van der Waals surface area contributed by atoms with Crippen molar-refractivity contribution in [2.24, 2.45) is 0 Å². The summed E-state index contributed by atoms with van der Waals surface area (Å²) in [5, 5.41) is 0. The number of para-hydroxylation sites is 1. The molecule has 0 aromatic heterocycles. The number of carbonyl (C=O) groups is 2. The standard InChI is InChI=1S/C25H24N2O4/c28-24(26-17-7-8-18-26)31-25(29)27(21-11-5-2-6-12-21)22-13-15-23(16-14-22)30-19-20-9-3-1-4-10-20/h1-6,9-16H,7-8,17-19H2. The topological polar surface area (TPSA) is 59.1 Å². The highest BCUT2D eigenvalue weighted by Crippen LogP contribution is 2.28. The number of amides is 2. The van der Waals surface area contributed by atoms with Crippen molar-refractivity contribution in [1.82, 2.24) is 4.90 Å². The predicted octanol–water partition coefficient (Wildman–Crippen LogP) is 5.76. The van der Waals surface area contributed by atoms with E-state index in [4.69, 9.17) is 9.47 Å². The van der Waals surface area contributed by atoms with Gasteiger partial charge < -0.3 is 14.4 Å². The van der Waals surface area contributed by atoms with Crippen molar-refractivity contribution < 1.29 is 19.1 Å². The molecule has 3 aromatic rings. The summed E-state index contributed by atoms with van der Waals surface area (Å²) in [6, 6.07) is 26.1. The zero-order chi connectivity index (χ0) is 21.5. The lowest BCUT2D eigenvalue weighted by atomic mass is 10.2. The van der Waals surface area contributed by atoms with Gasteiger partial charge in [0.2, 0.25) is 0 Å². The molecular formula is C25H24N2O4. The third kappa shape index (κ3) is 5.22. The number of anilines is 2. The van der Waals surface area contributed by atoms with Crippen LogP contribution in [-0.2, 0) is 11.3 Å². The smallest absolute Gasteiger partial charge is 0.427 e. The summed E-state index contributed by atoms with van der Waals surface area (Å²) in [6.45, 7) is 1.69. The molecule has 0 bridgehead atoms. The van der Waals surface area contributed by atoms with E-state index in [1.54, 1.807) is 41.3 Å². The number of ether oxygens (including phenoxy) is 2. The highest BCUT2D eigenvalue weighted by atomic mass is 16.6. The fraction of sp³-hybridized carbons (Fsp3) is 0.200. The molecule has 0 aliphatic carbocycles. The van der Waals surface area contributed by atoms with E-state index in [1.807, 2.05) is 48.5 Å². The van der Waals surface area contributed by atoms with E-state index < -0.39 is 12.2 Å². The molecule has 0 radical (unpaired) electrons. The van der Waals surface area contributed by atoms with Gasteiger partial charge in [-0.2, -0.15) is 0 Å². The number of hydrogen-bond donors (Lipinski definition) is 0. The molecule has 0 unspecified atom stereocenters. The molecule has 2 amide bonds. The molecule has 1 aliphatic rings. The summed E-state index contributed by atoms with van der Waals surface area (Å²) in [4.78, 5) is 28.2. The SMILES string of the molecule is O=C(OC(=O)N(c1ccccc1)c1ccc(OCc2ccccc2)cc1)N1CCCC1. The van der Waals surface area contributed by atoms with Crippen molar-refractivity contribution in [1.29, 1.82) is 0 Å². The molecule has 158 valence electrons. The summed E-state index contributed by atoms with van der Waals surface area (Å²) in [5.41, 5.74) is 2.26. The molecular weight excluding hydrogens is 392 g/mol. The molecule has 1 aliphatic heterocycles. The Kier molecular flexibility index (Phi) is 6.47. The third-order valence-electron chi connectivity index (χ3n) is 5.08. The normalized spacial score (nSPS) is 13.0. The number of benzene rings is 3. The Hall–Kier alpha value is -3.80. The van der Waals surface area contributed by atoms with E-state index in [9.17, 15) is 9.59 Å². The van der Waals surface area contributed by atoms with E-state index in [0.29, 0.717) is 36.8 Å². The van der Waals surface area contributed by atoms with Crippen LogP contribution >= 0.6 is 0 Å². The highest BCUT2D eigenvalue weighted by Gasteiger charge is 2.26. The van der Waals surface area contributed by atoms with Gasteiger partial charge in [0.1, 0.15) is 12.4 Å². The molecule has 3 aromatic carbocycles. The van der Waals surface area contributed by atoms with Crippen LogP contribution < -0.4 is 9.64 Å². The van der Waals surface area contributed by atoms with Crippen LogP contribution in [0.2, 0.25) is 0 Å². The minimum Gasteiger partial charge on any atom is -0.489 e. The fourth-order valence-corrected chi connectivity index (χ4v) is 3.45. The van der Waals surface area contributed by atoms with Gasteiger partial charge in [-0.3, -0.25) is 0 Å². The van der Waals surface area contributed by atoms with Gasteiger partial charge in [-0.05, 0) is 54.8 Å². The largest absolute Gasteiger partial charge is 0.489 e. The molecule has 1 heterocycles. The number of carbonyl (C=O) groups excluding carboxylic acids is 2. The Balaban J connectivity index is 1.49. The molecule has 4 rings (SSSR count). The van der Waals surface area contributed by atoms with E-state index in [-0.39, 0.29) is 0 Å². The summed E-state index contributed by atoms with van der Waals surface area (Å²) in [7, 11) is 0. The van der Waals surface area contributed by atoms with Crippen molar-refractivity contribution in [2.75, 3.05) is 18.0 Å². The first-order chi connectivity index (χ1) is 15.2. The lowest BCUT2D eigenvalue weighted by molar-refractivity contribution is 0.129. The number of rotatable bonds is 5. The third-order valence-corrected chi connectivity index (χ3v) is 5.08. The van der Waals surface area contributed by atoms with Crippen molar-refractivity contribution >= 4 is 23.6 Å². The van der Waals surface area contributed by atoms with Crippen LogP contribution in [0, 0.1) is 0 Å². The molecule has 0 saturated carbocycles. The van der Waals surface area contributed by atoms with Crippen molar-refractivity contribution in [3.05, 3.63) is 90.5 Å². The molecule has 31 heavy (non-hydrogen) atoms. The second-order valence-corrected chi connectivity index (χ2v) is 7.27. The molecule has 6 heteroatoms. The lowest BCUT2D eigenvalue weighted by Gasteiger charge is -2.23. The Morgan fingerprint density at radius 1 is 0.774 bits per heavy atom. The maximum absolute atomic E-state index is 12.9. The summed E-state index contributed by atoms with van der Waals surface area (Å²) in [5.74, 6) is 0.683. The average Bonchev–Trinajstić information content (AvgIpc) is 3.35. The highest BCUT2D eigenvalue weighted by molar-refractivity contribution is 6.00. The first-order valence-electron chi connectivity index (χ1n) is 10.3. The molecule has 1 saturated heterocycles. The minimum absolute atomic E-state index is 0.453. The van der Waals surface area contributed by atoms with E-state index in [2.05, 4.69) is 0 Å². The molecule has 0 spiro atoms. The molecule has 1 fully saturated rings. The van der Waals surface area contributed by atoms with Gasteiger partial charge in [-0.25, -0.2) is 14.5 Å². The van der Waals surface area contributed by atoms with Crippen LogP contribution in [0.15, 0.2) is 84.9 Å². The van der Waals surface area contributed by atoms with Gasteiger partial charge >= 0.3 is 12.2 Å². The number of nitrogens with zero attached hydrogens (tertiary/aromatic N) is 2. The predicted molar refractivity (Wildman–Crippen MR) is 118 cm³/mol. The van der Waals surface area contributed by atoms with Crippen molar-refractivity contribution in [2.45, 2.75) is 19.4 Å². The second kappa shape index (κ2) is 9.80. The lowest BCUT2D eigenvalue weighted by Crippen LogP contribution is -2.35. The minimum atomic E-state index is -0.735. The van der Waals surface area contributed by atoms with Crippen molar-refractivity contribution in [3.63, 3.8) is 0 Å². The quantitative estimate of drug-likeness (QED) is 0.497. The van der Waals surface area contributed by atoms with E-state index in [0.717, 1.165) is 18.4 Å². The zero-order valence-electron chi connectivity index (χ0n) is 17.1. The van der Waals surface area contributed by atoms with E-state index >= 15 is 0 Å². The molecule has 0 N–H and O–H groups in total. The summed E-state index contributed by atoms with van der Waals surface area (Å²) < 4.78 is 11.0. The summed E-state index contributed by atoms with van der Waals surface area (Å²) in [6.07, 6.45) is 0.513. The first-order valence-corrected chi connectivity index (χ1v) is 10.3. The Morgan fingerprint density at radius 3 is 2.00 bits per heavy atom. The van der Waals surface area contributed by atoms with Crippen LogP contribution in [-0.4, -0.2) is 30.2 Å². The van der Waals surface area contributed by atoms with Crippen molar-refractivity contribution in [3.8, 4) is 5.75 Å². The maximum Gasteiger partial charge on any atom is 0.427 e. The number of likely N-dealkylation sites (tertiary alicyclic amines) is 1. The van der Waals surface area contributed by atoms with Crippen LogP contribution in [0.3, 0.4) is 0 Å². The molecule has 6 nitrogen and oxygen atoms in total. The van der Waals surface area contributed by atoms with Gasteiger partial charge in [0.15, 0.2) is 0 Å². The second-order valence-electron chi connectivity index (χ2n) is 7.27. The van der Waals surface area contributed by atoms with Gasteiger partial charge in [-0.1, -0.05) is 48.5 Å². The van der Waals surface area contributed by atoms with Crippen LogP contribution in [0.25, 0.3) is 0 Å². The van der Waals surface area contributed by atoms with Gasteiger partial charge in [-0.15, -0.1) is 0 Å². The summed E-state index contributed by atoms with van der Waals surface area (Å²) >= 11 is 0. The Bertz CT molecular complexity index is 1000. The zero-order valence-corrected chi connectivity index (χ0v) is 17.1. The van der Waals surface area contributed by atoms with E-state index in [1.165, 1.54) is 4.90 Å². The van der Waals surface area contributed by atoms with Gasteiger partial charge in [0.05, 0.1) is 11.4 Å². The molecule has 0 atom stereocenters. The van der Waals surface area contributed by atoms with Gasteiger partial charge in [0.25, 0.3) is 0 Å². The monoisotopic (exact) mass is 416 g/mol. The van der Waals surface area contributed by atoms with Crippen LogP contribution in [0.4, 0.5) is 21.0 Å². The first kappa shape index (κ1) is 20.5. The Morgan fingerprint density at radius 2 is 1.35 bits per heavy atom. The number of hydrogen-bond acceptors (Lipinski definition) is 4. The Labute approximate surface area is 181 Å². The van der Waals surface area contributed by atoms with Crippen LogP contribution in [0.1, 0.15) is 18.4 Å². The average molecular weight is 416 g/mol. The van der Waals surface area contributed by atoms with Crippen LogP contribution in [0.5, 0.6) is 5.75 Å². The fourth-order valence-electron chi connectivity index (χ4n) is 3.45. The van der Waals surface area contributed by atoms with Gasteiger partial charge in [0, 0.05) is 13.1 Å². The maximum atomic E-state index is 12.9.